The van der Waals surface area contributed by atoms with Gasteiger partial charge in [0.15, 0.2) is 0 Å². The van der Waals surface area contributed by atoms with Crippen LogP contribution in [0.25, 0.3) is 51.6 Å². The van der Waals surface area contributed by atoms with Crippen molar-refractivity contribution in [3.05, 3.63) is 88.6 Å². The highest BCUT2D eigenvalue weighted by Gasteiger charge is 2.24. The van der Waals surface area contributed by atoms with Crippen molar-refractivity contribution in [1.29, 1.82) is 0 Å². The van der Waals surface area contributed by atoms with Crippen LogP contribution in [0.2, 0.25) is 0 Å². The van der Waals surface area contributed by atoms with Gasteiger partial charge in [-0.25, -0.2) is 9.37 Å². The third kappa shape index (κ3) is 6.17. The van der Waals surface area contributed by atoms with E-state index in [-0.39, 0.29) is 11.9 Å². The Hall–Kier alpha value is -4.51. The van der Waals surface area contributed by atoms with E-state index in [9.17, 15) is 4.39 Å². The Balaban J connectivity index is 1.30. The first-order chi connectivity index (χ1) is 20.5. The molecule has 1 aliphatic heterocycles. The molecule has 0 unspecified atom stereocenters. The molecule has 5 aromatic rings. The van der Waals surface area contributed by atoms with Gasteiger partial charge in [-0.15, -0.1) is 0 Å². The Morgan fingerprint density at radius 2 is 2.02 bits per heavy atom. The van der Waals surface area contributed by atoms with Gasteiger partial charge in [0, 0.05) is 41.8 Å². The van der Waals surface area contributed by atoms with Crippen LogP contribution in [-0.4, -0.2) is 62.3 Å². The van der Waals surface area contributed by atoms with Gasteiger partial charge in [0.2, 0.25) is 0 Å². The van der Waals surface area contributed by atoms with Crippen molar-refractivity contribution in [2.45, 2.75) is 19.5 Å². The molecule has 0 amide bonds. The van der Waals surface area contributed by atoms with Crippen LogP contribution < -0.4 is 25.9 Å². The quantitative estimate of drug-likeness (QED) is 0.203. The van der Waals surface area contributed by atoms with Gasteiger partial charge in [0.05, 0.1) is 29.1 Å². The molecule has 6 rings (SSSR count). The van der Waals surface area contributed by atoms with Gasteiger partial charge in [-0.3, -0.25) is 14.8 Å². The smallest absolute Gasteiger partial charge is 0.147 e. The van der Waals surface area contributed by atoms with Crippen LogP contribution in [0.3, 0.4) is 0 Å². The van der Waals surface area contributed by atoms with Gasteiger partial charge in [-0.2, -0.15) is 14.5 Å². The van der Waals surface area contributed by atoms with Crippen LogP contribution in [0.1, 0.15) is 18.2 Å². The maximum absolute atomic E-state index is 14.7. The fraction of sp³-hybridized carbons (Fsp3) is 0.182. The maximum Gasteiger partial charge on any atom is 0.147 e. The largest absolute Gasteiger partial charge is 0.353 e. The lowest BCUT2D eigenvalue weighted by molar-refractivity contribution is 0.513. The highest BCUT2D eigenvalue weighted by molar-refractivity contribution is 8.25. The lowest BCUT2D eigenvalue weighted by Crippen LogP contribution is -2.56. The van der Waals surface area contributed by atoms with Gasteiger partial charge >= 0.3 is 0 Å². The number of aromatic amines is 2. The molecule has 8 nitrogen and oxygen atoms in total. The summed E-state index contributed by atoms with van der Waals surface area (Å²) in [6, 6.07) is 13.3. The highest BCUT2D eigenvalue weighted by atomic mass is 32.2. The van der Waals surface area contributed by atoms with Crippen molar-refractivity contribution in [1.82, 2.24) is 29.9 Å². The number of aromatic nitrogens is 5. The number of hydrogen-bond donors (Lipinski definition) is 4. The standard InChI is InChI=1S/C33H35FN8S/c1-20(31-16-36-17-32(39-31)42-18-25(35)19-42)9-10-28-21(2)33(41-40-28)30-14-27-26(7-6-8-29(27)38-30)23-11-22(12-24(34)13-23)15-37-43(3,4)5/h6-14,16-17,25,37-38,40H,2-4,15,18-19,35H2,1,5H3/b20-9+,28-10+. The fourth-order valence-electron chi connectivity index (χ4n) is 5.13. The second-order valence-electron chi connectivity index (χ2n) is 11.3. The van der Waals surface area contributed by atoms with E-state index in [0.29, 0.717) is 12.2 Å². The monoisotopic (exact) mass is 594 g/mol. The lowest BCUT2D eigenvalue weighted by Gasteiger charge is -2.37. The van der Waals surface area contributed by atoms with E-state index in [2.05, 4.69) is 48.1 Å². The Bertz CT molecular complexity index is 2080. The number of anilines is 1. The number of fused-ring (bicyclic) bond motifs is 1. The Kier molecular flexibility index (Phi) is 7.51. The summed E-state index contributed by atoms with van der Waals surface area (Å²) in [5.74, 6) is 8.65. The first kappa shape index (κ1) is 28.6. The van der Waals surface area contributed by atoms with Gasteiger partial charge < -0.3 is 15.6 Å². The summed E-state index contributed by atoms with van der Waals surface area (Å²) in [5.41, 5.74) is 12.7. The van der Waals surface area contributed by atoms with Gasteiger partial charge in [-0.05, 0) is 71.9 Å². The number of halogens is 1. The molecule has 220 valence electrons. The molecule has 43 heavy (non-hydrogen) atoms. The Morgan fingerprint density at radius 3 is 2.79 bits per heavy atom. The number of allylic oxidation sites excluding steroid dienone is 2. The highest BCUT2D eigenvalue weighted by Crippen LogP contribution is 2.32. The molecule has 0 spiro atoms. The van der Waals surface area contributed by atoms with Crippen LogP contribution in [0.4, 0.5) is 10.2 Å². The number of hydrogen-bond acceptors (Lipinski definition) is 6. The number of benzene rings is 2. The molecular weight excluding hydrogens is 559 g/mol. The summed E-state index contributed by atoms with van der Waals surface area (Å²) < 4.78 is 18.0. The summed E-state index contributed by atoms with van der Waals surface area (Å²) in [7, 11) is -1.42. The number of nitrogens with one attached hydrogen (secondary N) is 3. The van der Waals surface area contributed by atoms with Crippen molar-refractivity contribution in [2.75, 3.05) is 24.2 Å². The first-order valence-electron chi connectivity index (χ1n) is 13.9. The summed E-state index contributed by atoms with van der Waals surface area (Å²) in [5, 5.41) is 10.2. The van der Waals surface area contributed by atoms with Crippen LogP contribution in [0.15, 0.2) is 60.9 Å². The minimum atomic E-state index is -1.42. The van der Waals surface area contributed by atoms with E-state index in [0.717, 1.165) is 74.0 Å². The van der Waals surface area contributed by atoms with Gasteiger partial charge in [0.1, 0.15) is 17.3 Å². The molecule has 0 radical (unpaired) electrons. The number of rotatable bonds is 8. The van der Waals surface area contributed by atoms with E-state index in [1.807, 2.05) is 55.7 Å². The fourth-order valence-corrected chi connectivity index (χ4v) is 5.65. The summed E-state index contributed by atoms with van der Waals surface area (Å²) in [4.78, 5) is 14.7. The number of H-pyrrole nitrogens is 2. The summed E-state index contributed by atoms with van der Waals surface area (Å²) in [6.45, 7) is 8.37. The van der Waals surface area contributed by atoms with Crippen LogP contribution >= 0.6 is 9.39 Å². The third-order valence-corrected chi connectivity index (χ3v) is 8.31. The number of nitrogens with zero attached hydrogens (tertiary/aromatic N) is 4. The topological polar surface area (TPSA) is 112 Å². The van der Waals surface area contributed by atoms with E-state index < -0.39 is 9.39 Å². The molecule has 0 saturated carbocycles. The predicted octanol–water partition coefficient (Wildman–Crippen LogP) is 3.90. The van der Waals surface area contributed by atoms with Gasteiger partial charge in [0.25, 0.3) is 0 Å². The lowest BCUT2D eigenvalue weighted by atomic mass is 9.99. The Labute approximate surface area is 250 Å². The van der Waals surface area contributed by atoms with Crippen molar-refractivity contribution in [3.63, 3.8) is 0 Å². The molecule has 5 N–H and O–H groups in total. The molecule has 3 aromatic heterocycles. The second kappa shape index (κ2) is 11.3. The van der Waals surface area contributed by atoms with Gasteiger partial charge in [-0.1, -0.05) is 36.5 Å². The molecule has 0 atom stereocenters. The second-order valence-corrected chi connectivity index (χ2v) is 14.1. The molecule has 1 saturated heterocycles. The first-order valence-corrected chi connectivity index (χ1v) is 16.3. The minimum absolute atomic E-state index is 0.191. The molecule has 1 aliphatic rings. The third-order valence-electron chi connectivity index (χ3n) is 7.47. The summed E-state index contributed by atoms with van der Waals surface area (Å²) >= 11 is 0. The average molecular weight is 595 g/mol. The molecular formula is C33H35FN8S. The predicted molar refractivity (Wildman–Crippen MR) is 181 cm³/mol. The number of nitrogens with two attached hydrogens (primary N) is 1. The average Bonchev–Trinajstić information content (AvgIpc) is 3.55. The molecule has 0 bridgehead atoms. The van der Waals surface area contributed by atoms with Crippen LogP contribution in [0.5, 0.6) is 0 Å². The molecule has 4 heterocycles. The van der Waals surface area contributed by atoms with Crippen LogP contribution in [-0.2, 0) is 6.54 Å². The van der Waals surface area contributed by atoms with E-state index in [1.54, 1.807) is 24.5 Å². The molecule has 10 heteroatoms. The molecule has 0 aliphatic carbocycles. The van der Waals surface area contributed by atoms with Crippen molar-refractivity contribution in [2.24, 2.45) is 5.73 Å². The minimum Gasteiger partial charge on any atom is -0.353 e. The zero-order valence-corrected chi connectivity index (χ0v) is 25.1. The molecule has 2 aromatic carbocycles. The van der Waals surface area contributed by atoms with Crippen LogP contribution in [0, 0.1) is 5.82 Å². The normalized spacial score (nSPS) is 14.9. The Morgan fingerprint density at radius 1 is 1.21 bits per heavy atom. The zero-order chi connectivity index (χ0) is 30.3. The molecule has 1 fully saturated rings. The zero-order valence-electron chi connectivity index (χ0n) is 24.3. The van der Waals surface area contributed by atoms with Crippen molar-refractivity contribution < 1.29 is 4.39 Å². The van der Waals surface area contributed by atoms with Crippen molar-refractivity contribution in [3.8, 4) is 22.5 Å². The van der Waals surface area contributed by atoms with E-state index in [4.69, 9.17) is 10.7 Å². The van der Waals surface area contributed by atoms with E-state index >= 15 is 0 Å². The summed E-state index contributed by atoms with van der Waals surface area (Å²) in [6.07, 6.45) is 9.41. The van der Waals surface area contributed by atoms with E-state index in [1.165, 1.54) is 0 Å². The maximum atomic E-state index is 14.7. The SMILES string of the molecule is C=c1c(-c2cc3c(-c4cc(F)cc(CNS(=C)(=C)C)c4)cccc3[nH]2)n[nH]/c1=C/C=C(\C)c1cncc(N2CC(N)C2)n1. The van der Waals surface area contributed by atoms with Crippen molar-refractivity contribution >= 4 is 56.1 Å².